The number of carbonyl (C=O) groups is 3. The molecule has 0 aromatic carbocycles. The second-order valence-corrected chi connectivity index (χ2v) is 23.8. The van der Waals surface area contributed by atoms with E-state index in [1.165, 1.54) is 250 Å². The average molecular weight is 1120 g/mol. The summed E-state index contributed by atoms with van der Waals surface area (Å²) in [6.45, 7) is 6.67. The number of unbranched alkanes of at least 4 members (excludes halogenated alkanes) is 44. The molecule has 6 nitrogen and oxygen atoms in total. The van der Waals surface area contributed by atoms with Crippen molar-refractivity contribution in [3.63, 3.8) is 0 Å². The predicted molar refractivity (Wildman–Crippen MR) is 348 cm³/mol. The summed E-state index contributed by atoms with van der Waals surface area (Å²) in [5.74, 6) is -0.861. The highest BCUT2D eigenvalue weighted by molar-refractivity contribution is 5.71. The van der Waals surface area contributed by atoms with Gasteiger partial charge in [0.05, 0.1) is 0 Å². The molecule has 0 aliphatic rings. The van der Waals surface area contributed by atoms with Crippen LogP contribution < -0.4 is 0 Å². The highest BCUT2D eigenvalue weighted by Crippen LogP contribution is 2.18. The molecular weight excluding hydrogens is 985 g/mol. The molecule has 0 bridgehead atoms. The van der Waals surface area contributed by atoms with E-state index in [0.29, 0.717) is 19.3 Å². The quantitative estimate of drug-likeness (QED) is 0.0261. The molecule has 0 aliphatic carbocycles. The third-order valence-corrected chi connectivity index (χ3v) is 15.7. The van der Waals surface area contributed by atoms with Gasteiger partial charge in [0.2, 0.25) is 0 Å². The van der Waals surface area contributed by atoms with Gasteiger partial charge in [0.25, 0.3) is 0 Å². The Balaban J connectivity index is 4.34. The Kier molecular flexibility index (Phi) is 66.1. The molecule has 0 saturated carbocycles. The molecule has 0 amide bonds. The molecule has 0 spiro atoms. The largest absolute Gasteiger partial charge is 0.462 e. The summed E-state index contributed by atoms with van der Waals surface area (Å²) in [6.07, 6.45) is 88.1. The van der Waals surface area contributed by atoms with Crippen LogP contribution in [0.25, 0.3) is 0 Å². The lowest BCUT2D eigenvalue weighted by molar-refractivity contribution is -0.167. The molecule has 80 heavy (non-hydrogen) atoms. The number of allylic oxidation sites excluding steroid dienone is 10. The highest BCUT2D eigenvalue weighted by atomic mass is 16.6. The first-order chi connectivity index (χ1) is 39.5. The molecule has 0 aromatic heterocycles. The first kappa shape index (κ1) is 77.1. The second kappa shape index (κ2) is 68.6. The minimum Gasteiger partial charge on any atom is -0.462 e. The van der Waals surface area contributed by atoms with Crippen LogP contribution in [0.1, 0.15) is 374 Å². The van der Waals surface area contributed by atoms with Crippen molar-refractivity contribution in [1.29, 1.82) is 0 Å². The van der Waals surface area contributed by atoms with Gasteiger partial charge in [0.15, 0.2) is 6.10 Å². The molecule has 6 heteroatoms. The molecule has 1 atom stereocenters. The van der Waals surface area contributed by atoms with Crippen LogP contribution in [0.2, 0.25) is 0 Å². The number of rotatable bonds is 65. The van der Waals surface area contributed by atoms with Gasteiger partial charge in [-0.05, 0) is 89.9 Å². The summed E-state index contributed by atoms with van der Waals surface area (Å²) in [6, 6.07) is 0. The van der Waals surface area contributed by atoms with Crippen molar-refractivity contribution in [2.45, 2.75) is 380 Å². The van der Waals surface area contributed by atoms with E-state index in [4.69, 9.17) is 14.2 Å². The van der Waals surface area contributed by atoms with E-state index >= 15 is 0 Å². The van der Waals surface area contributed by atoms with Gasteiger partial charge in [-0.1, -0.05) is 326 Å². The van der Waals surface area contributed by atoms with Gasteiger partial charge in [-0.25, -0.2) is 0 Å². The molecule has 1 unspecified atom stereocenters. The average Bonchev–Trinajstić information content (AvgIpc) is 3.46. The van der Waals surface area contributed by atoms with Gasteiger partial charge in [-0.3, -0.25) is 14.4 Å². The highest BCUT2D eigenvalue weighted by Gasteiger charge is 2.19. The van der Waals surface area contributed by atoms with Crippen molar-refractivity contribution in [3.05, 3.63) is 60.8 Å². The topological polar surface area (TPSA) is 78.9 Å². The standard InChI is InChI=1S/C74H134O6/c1-4-7-10-13-16-19-22-25-28-31-34-35-36-37-38-39-41-43-46-49-52-55-58-61-64-67-73(76)79-70-71(69-78-72(75)66-63-60-57-54-51-48-45-42-33-30-27-24-21-18-15-12-9-6-3)80-74(77)68-65-62-59-56-53-50-47-44-40-32-29-26-23-20-17-14-11-8-5-2/h21-22,24-25,30-31,33-34,36-37,71H,4-20,23,26-29,32,35,38-70H2,1-3H3/b24-21-,25-22-,33-30-,34-31-,37-36-. The predicted octanol–water partition coefficient (Wildman–Crippen LogP) is 24.3. The first-order valence-corrected chi connectivity index (χ1v) is 35.3. The molecule has 0 saturated heterocycles. The molecule has 0 aromatic rings. The van der Waals surface area contributed by atoms with Gasteiger partial charge in [0, 0.05) is 19.3 Å². The van der Waals surface area contributed by atoms with Crippen molar-refractivity contribution in [1.82, 2.24) is 0 Å². The van der Waals surface area contributed by atoms with Crippen molar-refractivity contribution < 1.29 is 28.6 Å². The lowest BCUT2D eigenvalue weighted by Crippen LogP contribution is -2.30. The van der Waals surface area contributed by atoms with E-state index in [-0.39, 0.29) is 31.1 Å². The molecule has 0 aliphatic heterocycles. The zero-order valence-corrected chi connectivity index (χ0v) is 53.6. The molecular formula is C74H134O6. The summed E-state index contributed by atoms with van der Waals surface area (Å²) in [5, 5.41) is 0. The van der Waals surface area contributed by atoms with Crippen LogP contribution >= 0.6 is 0 Å². The van der Waals surface area contributed by atoms with Crippen LogP contribution in [0.4, 0.5) is 0 Å². The second-order valence-electron chi connectivity index (χ2n) is 23.8. The van der Waals surface area contributed by atoms with Gasteiger partial charge < -0.3 is 14.2 Å². The number of hydrogen-bond acceptors (Lipinski definition) is 6. The molecule has 0 fully saturated rings. The lowest BCUT2D eigenvalue weighted by Gasteiger charge is -2.18. The maximum atomic E-state index is 13.0. The van der Waals surface area contributed by atoms with Gasteiger partial charge in [-0.2, -0.15) is 0 Å². The van der Waals surface area contributed by atoms with E-state index in [1.54, 1.807) is 0 Å². The van der Waals surface area contributed by atoms with E-state index in [9.17, 15) is 14.4 Å². The third kappa shape index (κ3) is 65.9. The SMILES string of the molecule is CCCCCC/C=C\C/C=C\CCCCCCCCCC(=O)OCC(COC(=O)CCCCCCCCCCCC/C=C\C/C=C\C/C=C\CCCCCCC)OC(=O)CCCCCCCCCCCCCCCCCCCCC. The Morgan fingerprint density at radius 1 is 0.250 bits per heavy atom. The molecule has 466 valence electrons. The maximum Gasteiger partial charge on any atom is 0.306 e. The Labute approximate surface area is 498 Å². The minimum atomic E-state index is -0.779. The van der Waals surface area contributed by atoms with Crippen LogP contribution in [0.5, 0.6) is 0 Å². The first-order valence-electron chi connectivity index (χ1n) is 35.3. The van der Waals surface area contributed by atoms with E-state index in [1.807, 2.05) is 0 Å². The third-order valence-electron chi connectivity index (χ3n) is 15.7. The monoisotopic (exact) mass is 1120 g/mol. The molecule has 0 heterocycles. The number of hydrogen-bond donors (Lipinski definition) is 0. The van der Waals surface area contributed by atoms with Crippen molar-refractivity contribution >= 4 is 17.9 Å². The fraction of sp³-hybridized carbons (Fsp3) is 0.824. The molecule has 0 N–H and O–H groups in total. The zero-order valence-electron chi connectivity index (χ0n) is 53.6. The number of ether oxygens (including phenoxy) is 3. The smallest absolute Gasteiger partial charge is 0.306 e. The van der Waals surface area contributed by atoms with E-state index < -0.39 is 6.10 Å². The normalized spacial score (nSPS) is 12.4. The summed E-state index contributed by atoms with van der Waals surface area (Å²) < 4.78 is 17.0. The van der Waals surface area contributed by atoms with Crippen LogP contribution in [-0.2, 0) is 28.6 Å². The summed E-state index contributed by atoms with van der Waals surface area (Å²) in [7, 11) is 0. The number of carbonyl (C=O) groups excluding carboxylic acids is 3. The van der Waals surface area contributed by atoms with Gasteiger partial charge in [-0.15, -0.1) is 0 Å². The van der Waals surface area contributed by atoms with E-state index in [0.717, 1.165) is 83.5 Å². The molecule has 0 rings (SSSR count). The van der Waals surface area contributed by atoms with Gasteiger partial charge >= 0.3 is 17.9 Å². The Hall–Kier alpha value is -2.89. The summed E-state index contributed by atoms with van der Waals surface area (Å²) >= 11 is 0. The summed E-state index contributed by atoms with van der Waals surface area (Å²) in [5.41, 5.74) is 0. The minimum absolute atomic E-state index is 0.0752. The van der Waals surface area contributed by atoms with Crippen LogP contribution in [0, 0.1) is 0 Å². The Morgan fingerprint density at radius 2 is 0.450 bits per heavy atom. The fourth-order valence-electron chi connectivity index (χ4n) is 10.4. The van der Waals surface area contributed by atoms with Crippen molar-refractivity contribution in [2.24, 2.45) is 0 Å². The Bertz CT molecular complexity index is 1430. The van der Waals surface area contributed by atoms with Crippen LogP contribution in [0.15, 0.2) is 60.8 Å². The van der Waals surface area contributed by atoms with Crippen molar-refractivity contribution in [2.75, 3.05) is 13.2 Å². The lowest BCUT2D eigenvalue weighted by atomic mass is 10.0. The van der Waals surface area contributed by atoms with Gasteiger partial charge in [0.1, 0.15) is 13.2 Å². The molecule has 0 radical (unpaired) electrons. The summed E-state index contributed by atoms with van der Waals surface area (Å²) in [4.78, 5) is 38.5. The van der Waals surface area contributed by atoms with E-state index in [2.05, 4.69) is 81.5 Å². The van der Waals surface area contributed by atoms with Crippen LogP contribution in [0.3, 0.4) is 0 Å². The fourth-order valence-corrected chi connectivity index (χ4v) is 10.4. The maximum absolute atomic E-state index is 13.0. The van der Waals surface area contributed by atoms with Crippen LogP contribution in [-0.4, -0.2) is 37.2 Å². The number of esters is 3. The Morgan fingerprint density at radius 3 is 0.713 bits per heavy atom. The van der Waals surface area contributed by atoms with Crippen molar-refractivity contribution in [3.8, 4) is 0 Å². The zero-order chi connectivity index (χ0) is 57.8.